The number of carboxylic acid groups (broad SMARTS) is 1. The maximum atomic E-state index is 13.5. The molecule has 6 N–H and O–H groups in total. The van der Waals surface area contributed by atoms with E-state index in [4.69, 9.17) is 80.4 Å². The molecule has 8 rings (SSSR count). The van der Waals surface area contributed by atoms with Crippen LogP contribution < -0.4 is 11.1 Å². The van der Waals surface area contributed by atoms with Gasteiger partial charge in [0.2, 0.25) is 0 Å². The van der Waals surface area contributed by atoms with Gasteiger partial charge in [0, 0.05) is 76.6 Å². The molecule has 1 amide bonds. The van der Waals surface area contributed by atoms with E-state index in [1.807, 2.05) is 74.4 Å². The first kappa shape index (κ1) is 56.1. The number of amides is 1. The largest absolute Gasteiger partial charge is 0.476 e. The molecule has 2 aliphatic heterocycles. The van der Waals surface area contributed by atoms with Crippen molar-refractivity contribution < 1.29 is 25.1 Å². The van der Waals surface area contributed by atoms with Gasteiger partial charge in [-0.2, -0.15) is 20.3 Å². The Labute approximate surface area is 445 Å². The molecule has 6 aromatic rings. The van der Waals surface area contributed by atoms with Crippen molar-refractivity contribution in [1.82, 2.24) is 35.0 Å². The number of rotatable bonds is 7. The standard InChI is InChI=1S/C26H29Cl3N4O2.C17H11Cl3N2O2.C9H20N2O/c1-15-22(24(34)30-19-13-25(2,3)33(35)26(4,5)14-19)31-32(21-11-10-18(28)12-20(21)29)23(15)16-6-8-17(27)9-7-16;1-9-15(17(23)24)21-22(14-7-6-12(19)8-13(14)20)16(9)10-2-4-11(18)5-3-10;1-8(2)5-7(10)6-9(3,4)11(8)12/h6-12,19,35H,13-14H2,1-5H3,(H,30,34);2-8H,1H3,(H,23,24);7,12H,5-6,10H2,1-4H3. The van der Waals surface area contributed by atoms with Crippen molar-refractivity contribution in [3.63, 3.8) is 0 Å². The number of hydroxylamine groups is 4. The number of aromatic carboxylic acids is 1. The Balaban J connectivity index is 0.000000197. The maximum Gasteiger partial charge on any atom is 0.356 e. The van der Waals surface area contributed by atoms with Crippen molar-refractivity contribution in [1.29, 1.82) is 0 Å². The summed E-state index contributed by atoms with van der Waals surface area (Å²) in [5, 5.41) is 47.8. The van der Waals surface area contributed by atoms with Gasteiger partial charge in [-0.1, -0.05) is 93.9 Å². The zero-order chi connectivity index (χ0) is 52.7. The first-order valence-corrected chi connectivity index (χ1v) is 25.1. The van der Waals surface area contributed by atoms with Crippen molar-refractivity contribution >= 4 is 81.5 Å². The van der Waals surface area contributed by atoms with Gasteiger partial charge in [-0.3, -0.25) is 4.79 Å². The Kier molecular flexibility index (Phi) is 17.1. The molecule has 0 atom stereocenters. The predicted octanol–water partition coefficient (Wildman–Crippen LogP) is 13.8. The van der Waals surface area contributed by atoms with Crippen LogP contribution in [0.4, 0.5) is 0 Å². The Morgan fingerprint density at radius 3 is 1.27 bits per heavy atom. The van der Waals surface area contributed by atoms with E-state index in [0.717, 1.165) is 29.7 Å². The molecule has 2 fully saturated rings. The minimum absolute atomic E-state index is 0.0361. The summed E-state index contributed by atoms with van der Waals surface area (Å²) in [6.07, 6.45) is 2.91. The van der Waals surface area contributed by atoms with Crippen molar-refractivity contribution in [3.05, 3.63) is 138 Å². The van der Waals surface area contributed by atoms with Crippen molar-refractivity contribution in [2.75, 3.05) is 0 Å². The van der Waals surface area contributed by atoms with E-state index >= 15 is 0 Å². The Morgan fingerprint density at radius 1 is 0.563 bits per heavy atom. The van der Waals surface area contributed by atoms with Gasteiger partial charge in [-0.25, -0.2) is 14.2 Å². The number of nitrogens with one attached hydrogen (secondary N) is 1. The molecule has 0 unspecified atom stereocenters. The van der Waals surface area contributed by atoms with E-state index in [9.17, 15) is 25.1 Å². The molecule has 2 aliphatic rings. The number of nitrogens with zero attached hydrogens (tertiary/aromatic N) is 6. The first-order valence-electron chi connectivity index (χ1n) is 22.8. The first-order chi connectivity index (χ1) is 32.9. The highest BCUT2D eigenvalue weighted by Crippen LogP contribution is 2.39. The van der Waals surface area contributed by atoms with E-state index in [1.165, 1.54) is 14.8 Å². The van der Waals surface area contributed by atoms with Crippen LogP contribution in [0.5, 0.6) is 0 Å². The fraction of sp³-hybridized carbons (Fsp3) is 0.385. The monoisotopic (exact) mass is 1090 g/mol. The Hall–Kier alpha value is -4.22. The average Bonchev–Trinajstić information content (AvgIpc) is 3.79. The smallest absolute Gasteiger partial charge is 0.356 e. The molecule has 4 heterocycles. The molecule has 380 valence electrons. The molecule has 4 aromatic carbocycles. The van der Waals surface area contributed by atoms with Gasteiger partial charge < -0.3 is 26.6 Å². The Bertz CT molecular complexity index is 2880. The number of carboxylic acids is 1. The molecule has 0 aliphatic carbocycles. The summed E-state index contributed by atoms with van der Waals surface area (Å²) in [6.45, 7) is 19.5. The summed E-state index contributed by atoms with van der Waals surface area (Å²) in [4.78, 5) is 25.0. The highest BCUT2D eigenvalue weighted by molar-refractivity contribution is 6.36. The second-order valence-electron chi connectivity index (χ2n) is 20.6. The second kappa shape index (κ2) is 21.7. The van der Waals surface area contributed by atoms with Crippen molar-refractivity contribution in [2.24, 2.45) is 5.73 Å². The molecular formula is C52H60Cl6N8O5. The maximum absolute atomic E-state index is 13.5. The van der Waals surface area contributed by atoms with Crippen LogP contribution in [0.1, 0.15) is 113 Å². The third kappa shape index (κ3) is 12.6. The molecule has 71 heavy (non-hydrogen) atoms. The molecule has 2 aromatic heterocycles. The molecule has 0 radical (unpaired) electrons. The topological polar surface area (TPSA) is 175 Å². The summed E-state index contributed by atoms with van der Waals surface area (Å²) in [7, 11) is 0. The van der Waals surface area contributed by atoms with Crippen molar-refractivity contribution in [3.8, 4) is 33.9 Å². The highest BCUT2D eigenvalue weighted by atomic mass is 35.5. The Morgan fingerprint density at radius 2 is 0.901 bits per heavy atom. The van der Waals surface area contributed by atoms with E-state index < -0.39 is 17.0 Å². The van der Waals surface area contributed by atoms with Crippen LogP contribution in [0.3, 0.4) is 0 Å². The zero-order valence-electron chi connectivity index (χ0n) is 41.3. The van der Waals surface area contributed by atoms with Crippen LogP contribution in [-0.4, -0.2) is 91.3 Å². The number of carbonyl (C=O) groups excluding carboxylic acids is 1. The van der Waals surface area contributed by atoms with Crippen LogP contribution in [0.2, 0.25) is 30.1 Å². The van der Waals surface area contributed by atoms with Gasteiger partial charge in [0.1, 0.15) is 0 Å². The van der Waals surface area contributed by atoms with Crippen LogP contribution in [-0.2, 0) is 0 Å². The van der Waals surface area contributed by atoms with Gasteiger partial charge in [-0.05, 0) is 156 Å². The summed E-state index contributed by atoms with van der Waals surface area (Å²) >= 11 is 36.9. The van der Waals surface area contributed by atoms with Crippen LogP contribution in [0, 0.1) is 13.8 Å². The lowest BCUT2D eigenvalue weighted by molar-refractivity contribution is -0.245. The van der Waals surface area contributed by atoms with E-state index in [-0.39, 0.29) is 34.8 Å². The third-order valence-corrected chi connectivity index (χ3v) is 14.4. The molecule has 0 spiro atoms. The van der Waals surface area contributed by atoms with Crippen LogP contribution in [0.15, 0.2) is 84.9 Å². The van der Waals surface area contributed by atoms with Gasteiger partial charge in [-0.15, -0.1) is 0 Å². The summed E-state index contributed by atoms with van der Waals surface area (Å²) in [6, 6.07) is 24.6. The van der Waals surface area contributed by atoms with E-state index in [0.29, 0.717) is 76.9 Å². The predicted molar refractivity (Wildman–Crippen MR) is 286 cm³/mol. The normalized spacial score (nSPS) is 17.7. The average molecular weight is 1090 g/mol. The molecule has 0 bridgehead atoms. The number of hydrogen-bond acceptors (Lipinski definition) is 9. The molecule has 13 nitrogen and oxygen atoms in total. The fourth-order valence-electron chi connectivity index (χ4n) is 9.93. The van der Waals surface area contributed by atoms with Crippen LogP contribution in [0.25, 0.3) is 33.9 Å². The molecular weight excluding hydrogens is 1030 g/mol. The minimum atomic E-state index is -1.11. The number of benzene rings is 4. The zero-order valence-corrected chi connectivity index (χ0v) is 45.8. The van der Waals surface area contributed by atoms with Crippen molar-refractivity contribution in [2.45, 2.75) is 129 Å². The number of aromatic nitrogens is 4. The fourth-order valence-corrected chi connectivity index (χ4v) is 11.2. The van der Waals surface area contributed by atoms with Crippen LogP contribution >= 0.6 is 69.6 Å². The van der Waals surface area contributed by atoms with Gasteiger partial charge in [0.25, 0.3) is 5.91 Å². The molecule has 2 saturated heterocycles. The summed E-state index contributed by atoms with van der Waals surface area (Å²) < 4.78 is 3.19. The SMILES string of the molecule is CC1(C)CC(N)CC(C)(C)N1O.Cc1c(C(=O)NC2CC(C)(C)N(O)C(C)(C)C2)nn(-c2ccc(Cl)cc2Cl)c1-c1ccc(Cl)cc1.Cc1c(C(=O)O)nn(-c2ccc(Cl)cc2Cl)c1-c1ccc(Cl)cc1. The number of carbonyl (C=O) groups is 2. The number of hydrogen-bond donors (Lipinski definition) is 5. The van der Waals surface area contributed by atoms with Gasteiger partial charge in [0.05, 0.1) is 32.8 Å². The number of halogens is 6. The second-order valence-corrected chi connectivity index (χ2v) is 23.2. The third-order valence-electron chi connectivity index (χ3n) is 12.8. The summed E-state index contributed by atoms with van der Waals surface area (Å²) in [5.41, 5.74) is 10.2. The lowest BCUT2D eigenvalue weighted by atomic mass is 9.79. The molecule has 19 heteroatoms. The quantitative estimate of drug-likeness (QED) is 0.103. The van der Waals surface area contributed by atoms with Gasteiger partial charge in [0.15, 0.2) is 11.4 Å². The highest BCUT2D eigenvalue weighted by Gasteiger charge is 2.46. The lowest BCUT2D eigenvalue weighted by Gasteiger charge is -2.51. The minimum Gasteiger partial charge on any atom is -0.476 e. The van der Waals surface area contributed by atoms with Gasteiger partial charge >= 0.3 is 5.97 Å². The summed E-state index contributed by atoms with van der Waals surface area (Å²) in [5.74, 6) is -1.38. The number of nitrogens with two attached hydrogens (primary N) is 1. The number of piperidine rings is 2. The molecule has 0 saturated carbocycles. The lowest BCUT2D eigenvalue weighted by Crippen LogP contribution is -2.63. The van der Waals surface area contributed by atoms with E-state index in [2.05, 4.69) is 10.4 Å². The van der Waals surface area contributed by atoms with E-state index in [1.54, 1.807) is 84.4 Å².